The van der Waals surface area contributed by atoms with Gasteiger partial charge in [0.1, 0.15) is 5.69 Å². The van der Waals surface area contributed by atoms with Crippen LogP contribution in [0.25, 0.3) is 11.3 Å². The first-order valence-corrected chi connectivity index (χ1v) is 8.85. The molecule has 1 amide bonds. The molecular weight excluding hydrogens is 314 g/mol. The first-order valence-electron chi connectivity index (χ1n) is 8.85. The van der Waals surface area contributed by atoms with Crippen molar-refractivity contribution in [2.45, 2.75) is 33.7 Å². The third kappa shape index (κ3) is 2.58. The van der Waals surface area contributed by atoms with Crippen molar-refractivity contribution < 1.29 is 9.32 Å². The molecule has 1 saturated carbocycles. The van der Waals surface area contributed by atoms with E-state index in [0.717, 1.165) is 36.5 Å². The highest BCUT2D eigenvalue weighted by Crippen LogP contribution is 2.62. The highest BCUT2D eigenvalue weighted by atomic mass is 16.5. The van der Waals surface area contributed by atoms with E-state index < -0.39 is 0 Å². The quantitative estimate of drug-likeness (QED) is 0.929. The Labute approximate surface area is 148 Å². The third-order valence-electron chi connectivity index (χ3n) is 6.10. The lowest BCUT2D eigenvalue weighted by atomic mass is 9.48. The summed E-state index contributed by atoms with van der Waals surface area (Å²) in [4.78, 5) is 14.3. The highest BCUT2D eigenvalue weighted by Gasteiger charge is 2.65. The molecule has 2 atom stereocenters. The minimum Gasteiger partial charge on any atom is -0.369 e. The van der Waals surface area contributed by atoms with Crippen molar-refractivity contribution in [1.82, 2.24) is 10.1 Å². The fourth-order valence-corrected chi connectivity index (χ4v) is 4.91. The Bertz CT molecular complexity index is 809. The molecule has 0 unspecified atom stereocenters. The predicted octanol–water partition coefficient (Wildman–Crippen LogP) is 2.98. The Morgan fingerprint density at radius 3 is 2.68 bits per heavy atom. The van der Waals surface area contributed by atoms with Crippen molar-refractivity contribution in [1.29, 1.82) is 0 Å². The molecule has 2 heterocycles. The fraction of sp³-hybridized carbons (Fsp3) is 0.500. The van der Waals surface area contributed by atoms with Gasteiger partial charge in [0.05, 0.1) is 12.0 Å². The van der Waals surface area contributed by atoms with E-state index in [0.29, 0.717) is 12.5 Å². The zero-order valence-electron chi connectivity index (χ0n) is 15.1. The van der Waals surface area contributed by atoms with E-state index in [1.54, 1.807) is 0 Å². The maximum absolute atomic E-state index is 12.0. The number of fused-ring (bicyclic) bond motifs is 1. The largest absolute Gasteiger partial charge is 0.369 e. The number of hydrogen-bond donors (Lipinski definition) is 1. The van der Waals surface area contributed by atoms with E-state index >= 15 is 0 Å². The first kappa shape index (κ1) is 16.3. The Hall–Kier alpha value is -2.14. The molecule has 5 nitrogen and oxygen atoms in total. The van der Waals surface area contributed by atoms with Crippen LogP contribution in [0.4, 0.5) is 0 Å². The van der Waals surface area contributed by atoms with Gasteiger partial charge in [0.2, 0.25) is 5.91 Å². The van der Waals surface area contributed by atoms with Gasteiger partial charge >= 0.3 is 0 Å². The summed E-state index contributed by atoms with van der Waals surface area (Å²) in [6.45, 7) is 8.79. The molecule has 0 spiro atoms. The molecule has 1 aromatic carbocycles. The number of benzene rings is 1. The number of aromatic nitrogens is 1. The number of primary amides is 1. The van der Waals surface area contributed by atoms with E-state index in [1.165, 1.54) is 5.56 Å². The molecular formula is C20H25N3O2. The molecule has 0 bridgehead atoms. The van der Waals surface area contributed by atoms with Gasteiger partial charge in [-0.25, -0.2) is 0 Å². The van der Waals surface area contributed by atoms with Crippen LogP contribution in [0.2, 0.25) is 0 Å². The Morgan fingerprint density at radius 2 is 2.08 bits per heavy atom. The minimum absolute atomic E-state index is 0.155. The second kappa shape index (κ2) is 5.43. The van der Waals surface area contributed by atoms with Crippen LogP contribution in [0, 0.1) is 23.7 Å². The Balaban J connectivity index is 1.49. The van der Waals surface area contributed by atoms with Crippen molar-refractivity contribution >= 4 is 5.91 Å². The number of aryl methyl sites for hydroxylation is 1. The molecule has 4 rings (SSSR count). The van der Waals surface area contributed by atoms with Crippen molar-refractivity contribution in [3.05, 3.63) is 41.7 Å². The van der Waals surface area contributed by atoms with Crippen molar-refractivity contribution in [2.75, 3.05) is 13.1 Å². The van der Waals surface area contributed by atoms with Gasteiger partial charge in [-0.15, -0.1) is 0 Å². The lowest BCUT2D eigenvalue weighted by Crippen LogP contribution is -2.59. The fourth-order valence-electron chi connectivity index (χ4n) is 4.91. The second-order valence-corrected chi connectivity index (χ2v) is 8.45. The van der Waals surface area contributed by atoms with Gasteiger partial charge in [0, 0.05) is 24.7 Å². The number of hydrogen-bond acceptors (Lipinski definition) is 4. The monoisotopic (exact) mass is 339 g/mol. The normalized spacial score (nSPS) is 27.7. The second-order valence-electron chi connectivity index (χ2n) is 8.45. The van der Waals surface area contributed by atoms with Crippen molar-refractivity contribution in [2.24, 2.45) is 22.5 Å². The number of carbonyl (C=O) groups is 1. The third-order valence-corrected chi connectivity index (χ3v) is 6.10. The van der Waals surface area contributed by atoms with E-state index in [2.05, 4.69) is 55.1 Å². The number of carbonyl (C=O) groups excluding carboxylic acids is 1. The molecule has 0 radical (unpaired) electrons. The lowest BCUT2D eigenvalue weighted by Gasteiger charge is -2.54. The van der Waals surface area contributed by atoms with Crippen LogP contribution in [0.1, 0.15) is 31.6 Å². The van der Waals surface area contributed by atoms with Crippen LogP contribution >= 0.6 is 0 Å². The molecule has 2 aromatic rings. The SMILES string of the molecule is Cc1ccc(-c2cc(CN3C[C@@H]4C(C)(C)C[C@]4(C(N)=O)C3)on2)cc1. The number of likely N-dealkylation sites (tertiary alicyclic amines) is 1. The molecule has 2 aliphatic rings. The number of rotatable bonds is 4. The van der Waals surface area contributed by atoms with Crippen LogP contribution in [0.3, 0.4) is 0 Å². The molecule has 2 fully saturated rings. The van der Waals surface area contributed by atoms with E-state index in [1.807, 2.05) is 6.07 Å². The Morgan fingerprint density at radius 1 is 1.36 bits per heavy atom. The minimum atomic E-state index is -0.358. The predicted molar refractivity (Wildman–Crippen MR) is 95.5 cm³/mol. The molecule has 1 aromatic heterocycles. The van der Waals surface area contributed by atoms with E-state index in [9.17, 15) is 4.79 Å². The number of nitrogens with two attached hydrogens (primary N) is 1. The molecule has 132 valence electrons. The van der Waals surface area contributed by atoms with E-state index in [-0.39, 0.29) is 16.7 Å². The standard InChI is InChI=1S/C20H25N3O2/c1-13-4-6-14(7-5-13)16-8-15(25-22-16)9-23-10-17-19(2,3)11-20(17,12-23)18(21)24/h4-8,17H,9-12H2,1-3H3,(H2,21,24)/t17-,20+/m1/s1. The summed E-state index contributed by atoms with van der Waals surface area (Å²) in [5, 5.41) is 4.20. The number of amides is 1. The Kier molecular flexibility index (Phi) is 3.55. The van der Waals surface area contributed by atoms with Gasteiger partial charge in [-0.2, -0.15) is 0 Å². The average molecular weight is 339 g/mol. The zero-order chi connectivity index (χ0) is 17.8. The van der Waals surface area contributed by atoms with Crippen molar-refractivity contribution in [3.8, 4) is 11.3 Å². The topological polar surface area (TPSA) is 72.4 Å². The van der Waals surface area contributed by atoms with Gasteiger partial charge in [0.15, 0.2) is 5.76 Å². The highest BCUT2D eigenvalue weighted by molar-refractivity contribution is 5.83. The van der Waals surface area contributed by atoms with Crippen LogP contribution in [-0.4, -0.2) is 29.1 Å². The zero-order valence-corrected chi connectivity index (χ0v) is 15.1. The van der Waals surface area contributed by atoms with Crippen LogP contribution in [-0.2, 0) is 11.3 Å². The summed E-state index contributed by atoms with van der Waals surface area (Å²) in [5.74, 6) is 1.00. The summed E-state index contributed by atoms with van der Waals surface area (Å²) in [7, 11) is 0. The van der Waals surface area contributed by atoms with Gasteiger partial charge in [-0.1, -0.05) is 48.8 Å². The van der Waals surface area contributed by atoms with E-state index in [4.69, 9.17) is 10.3 Å². The maximum Gasteiger partial charge on any atom is 0.225 e. The maximum atomic E-state index is 12.0. The molecule has 1 aliphatic carbocycles. The van der Waals surface area contributed by atoms with Gasteiger partial charge in [-0.3, -0.25) is 9.69 Å². The van der Waals surface area contributed by atoms with Crippen molar-refractivity contribution in [3.63, 3.8) is 0 Å². The summed E-state index contributed by atoms with van der Waals surface area (Å²) in [5.41, 5.74) is 8.69. The summed E-state index contributed by atoms with van der Waals surface area (Å²) >= 11 is 0. The molecule has 25 heavy (non-hydrogen) atoms. The molecule has 2 N–H and O–H groups in total. The van der Waals surface area contributed by atoms with Gasteiger partial charge < -0.3 is 10.3 Å². The molecule has 1 saturated heterocycles. The van der Waals surface area contributed by atoms with Crippen LogP contribution < -0.4 is 5.73 Å². The average Bonchev–Trinajstić information content (AvgIpc) is 3.12. The van der Waals surface area contributed by atoms with Gasteiger partial charge in [0.25, 0.3) is 0 Å². The number of nitrogens with zero attached hydrogens (tertiary/aromatic N) is 2. The van der Waals surface area contributed by atoms with Gasteiger partial charge in [-0.05, 0) is 24.7 Å². The lowest BCUT2D eigenvalue weighted by molar-refractivity contribution is -0.148. The smallest absolute Gasteiger partial charge is 0.225 e. The van der Waals surface area contributed by atoms with Crippen LogP contribution in [0.5, 0.6) is 0 Å². The summed E-state index contributed by atoms with van der Waals surface area (Å²) < 4.78 is 5.54. The van der Waals surface area contributed by atoms with Crippen LogP contribution in [0.15, 0.2) is 34.9 Å². The molecule has 1 aliphatic heterocycles. The molecule has 5 heteroatoms. The first-order chi connectivity index (χ1) is 11.8. The summed E-state index contributed by atoms with van der Waals surface area (Å²) in [6.07, 6.45) is 0.877. The summed E-state index contributed by atoms with van der Waals surface area (Å²) in [6, 6.07) is 10.2.